The van der Waals surface area contributed by atoms with Gasteiger partial charge in [-0.1, -0.05) is 36.4 Å². The lowest BCUT2D eigenvalue weighted by molar-refractivity contribution is 0.621. The predicted molar refractivity (Wildman–Crippen MR) is 73.4 cm³/mol. The van der Waals surface area contributed by atoms with Crippen molar-refractivity contribution in [2.75, 3.05) is 0 Å². The molecule has 0 spiro atoms. The van der Waals surface area contributed by atoms with Gasteiger partial charge in [0.25, 0.3) is 0 Å². The minimum Gasteiger partial charge on any atom is -0.384 e. The van der Waals surface area contributed by atoms with Gasteiger partial charge in [0.2, 0.25) is 0 Å². The van der Waals surface area contributed by atoms with Crippen LogP contribution in [0.2, 0.25) is 0 Å². The van der Waals surface area contributed by atoms with Gasteiger partial charge in [0, 0.05) is 10.6 Å². The molecule has 0 aliphatic rings. The van der Waals surface area contributed by atoms with Crippen molar-refractivity contribution < 1.29 is 4.39 Å². The van der Waals surface area contributed by atoms with Crippen LogP contribution in [0.15, 0.2) is 53.4 Å². The number of benzene rings is 2. The van der Waals surface area contributed by atoms with Crippen molar-refractivity contribution in [3.8, 4) is 0 Å². The Morgan fingerprint density at radius 2 is 1.83 bits per heavy atom. The standard InChI is InChI=1S/C14H13FN2S/c15-11-7-4-8-12(13(11)14(16)17)18-9-10-5-2-1-3-6-10/h1-8H,9H2,(H3,16,17). The van der Waals surface area contributed by atoms with Gasteiger partial charge in [-0.25, -0.2) is 4.39 Å². The first-order valence-electron chi connectivity index (χ1n) is 5.48. The van der Waals surface area contributed by atoms with Gasteiger partial charge in [0.1, 0.15) is 11.7 Å². The molecule has 2 nitrogen and oxygen atoms in total. The Morgan fingerprint density at radius 1 is 1.11 bits per heavy atom. The summed E-state index contributed by atoms with van der Waals surface area (Å²) in [6.07, 6.45) is 0. The maximum Gasteiger partial charge on any atom is 0.135 e. The van der Waals surface area contributed by atoms with E-state index < -0.39 is 5.82 Å². The molecule has 2 aromatic carbocycles. The smallest absolute Gasteiger partial charge is 0.135 e. The lowest BCUT2D eigenvalue weighted by Gasteiger charge is -2.08. The lowest BCUT2D eigenvalue weighted by atomic mass is 10.2. The first-order chi connectivity index (χ1) is 8.68. The van der Waals surface area contributed by atoms with Crippen molar-refractivity contribution in [2.24, 2.45) is 5.73 Å². The fourth-order valence-electron chi connectivity index (χ4n) is 1.62. The van der Waals surface area contributed by atoms with Crippen LogP contribution in [0, 0.1) is 11.2 Å². The molecule has 0 aliphatic carbocycles. The molecule has 0 bridgehead atoms. The van der Waals surface area contributed by atoms with Gasteiger partial charge in [0.15, 0.2) is 0 Å². The van der Waals surface area contributed by atoms with Gasteiger partial charge in [-0.15, -0.1) is 11.8 Å². The molecule has 0 saturated carbocycles. The normalized spacial score (nSPS) is 10.3. The molecular formula is C14H13FN2S. The molecule has 0 unspecified atom stereocenters. The molecule has 0 aromatic heterocycles. The maximum absolute atomic E-state index is 13.6. The van der Waals surface area contributed by atoms with Crippen LogP contribution in [0.3, 0.4) is 0 Å². The van der Waals surface area contributed by atoms with E-state index in [9.17, 15) is 4.39 Å². The van der Waals surface area contributed by atoms with Crippen molar-refractivity contribution >= 4 is 17.6 Å². The Morgan fingerprint density at radius 3 is 2.50 bits per heavy atom. The largest absolute Gasteiger partial charge is 0.384 e. The van der Waals surface area contributed by atoms with Crippen LogP contribution in [-0.4, -0.2) is 5.84 Å². The highest BCUT2D eigenvalue weighted by Gasteiger charge is 2.11. The fourth-order valence-corrected chi connectivity index (χ4v) is 2.66. The number of rotatable bonds is 4. The second kappa shape index (κ2) is 5.69. The summed E-state index contributed by atoms with van der Waals surface area (Å²) in [4.78, 5) is 0.700. The Bertz CT molecular complexity index is 555. The molecular weight excluding hydrogens is 247 g/mol. The van der Waals surface area contributed by atoms with Gasteiger partial charge in [0.05, 0.1) is 5.56 Å². The summed E-state index contributed by atoms with van der Waals surface area (Å²) in [7, 11) is 0. The predicted octanol–water partition coefficient (Wildman–Crippen LogP) is 3.40. The van der Waals surface area contributed by atoms with Gasteiger partial charge in [-0.05, 0) is 17.7 Å². The minimum absolute atomic E-state index is 0.193. The van der Waals surface area contributed by atoms with E-state index in [1.807, 2.05) is 30.3 Å². The number of amidine groups is 1. The number of hydrogen-bond donors (Lipinski definition) is 2. The Balaban J connectivity index is 2.20. The first kappa shape index (κ1) is 12.6. The van der Waals surface area contributed by atoms with Crippen molar-refractivity contribution in [3.05, 3.63) is 65.5 Å². The van der Waals surface area contributed by atoms with Crippen LogP contribution in [-0.2, 0) is 5.75 Å². The van der Waals surface area contributed by atoms with E-state index in [1.165, 1.54) is 17.8 Å². The number of halogens is 1. The number of hydrogen-bond acceptors (Lipinski definition) is 2. The van der Waals surface area contributed by atoms with E-state index in [-0.39, 0.29) is 11.4 Å². The van der Waals surface area contributed by atoms with Crippen molar-refractivity contribution in [1.82, 2.24) is 0 Å². The van der Waals surface area contributed by atoms with Crippen LogP contribution in [0.5, 0.6) is 0 Å². The van der Waals surface area contributed by atoms with Crippen LogP contribution < -0.4 is 5.73 Å². The zero-order valence-electron chi connectivity index (χ0n) is 9.69. The molecule has 0 aliphatic heterocycles. The van der Waals surface area contributed by atoms with Gasteiger partial charge < -0.3 is 5.73 Å². The summed E-state index contributed by atoms with van der Waals surface area (Å²) in [6.45, 7) is 0. The average molecular weight is 260 g/mol. The second-order valence-corrected chi connectivity index (χ2v) is 4.82. The molecule has 92 valence electrons. The van der Waals surface area contributed by atoms with E-state index in [0.29, 0.717) is 4.90 Å². The van der Waals surface area contributed by atoms with Crippen molar-refractivity contribution in [3.63, 3.8) is 0 Å². The lowest BCUT2D eigenvalue weighted by Crippen LogP contribution is -2.14. The molecule has 18 heavy (non-hydrogen) atoms. The van der Waals surface area contributed by atoms with Crippen molar-refractivity contribution in [2.45, 2.75) is 10.6 Å². The van der Waals surface area contributed by atoms with Gasteiger partial charge in [-0.3, -0.25) is 5.41 Å². The molecule has 2 rings (SSSR count). The fraction of sp³-hybridized carbons (Fsp3) is 0.0714. The molecule has 0 atom stereocenters. The van der Waals surface area contributed by atoms with Gasteiger partial charge >= 0.3 is 0 Å². The van der Waals surface area contributed by atoms with Gasteiger partial charge in [-0.2, -0.15) is 0 Å². The molecule has 0 amide bonds. The Hall–Kier alpha value is -1.81. The topological polar surface area (TPSA) is 49.9 Å². The number of nitrogens with one attached hydrogen (secondary N) is 1. The molecule has 0 saturated heterocycles. The molecule has 0 radical (unpaired) electrons. The van der Waals surface area contributed by atoms with Crippen molar-refractivity contribution in [1.29, 1.82) is 5.41 Å². The SMILES string of the molecule is N=C(N)c1c(F)cccc1SCc1ccccc1. The highest BCUT2D eigenvalue weighted by molar-refractivity contribution is 7.98. The zero-order valence-corrected chi connectivity index (χ0v) is 10.5. The van der Waals surface area contributed by atoms with Crippen LogP contribution >= 0.6 is 11.8 Å². The van der Waals surface area contributed by atoms with Crippen LogP contribution in [0.4, 0.5) is 4.39 Å². The van der Waals surface area contributed by atoms with Crippen LogP contribution in [0.1, 0.15) is 11.1 Å². The number of nitrogens with two attached hydrogens (primary N) is 1. The highest BCUT2D eigenvalue weighted by atomic mass is 32.2. The quantitative estimate of drug-likeness (QED) is 0.503. The summed E-state index contributed by atoms with van der Waals surface area (Å²) in [6, 6.07) is 14.7. The number of nitrogen functional groups attached to an aromatic ring is 1. The third kappa shape index (κ3) is 2.90. The Kier molecular flexibility index (Phi) is 3.99. The summed E-state index contributed by atoms with van der Waals surface area (Å²) in [5.41, 5.74) is 6.76. The molecule has 0 fully saturated rings. The molecule has 3 N–H and O–H groups in total. The van der Waals surface area contributed by atoms with E-state index in [4.69, 9.17) is 11.1 Å². The maximum atomic E-state index is 13.6. The summed E-state index contributed by atoms with van der Waals surface area (Å²) < 4.78 is 13.6. The number of thioether (sulfide) groups is 1. The monoisotopic (exact) mass is 260 g/mol. The molecule has 0 heterocycles. The van der Waals surface area contributed by atoms with Crippen LogP contribution in [0.25, 0.3) is 0 Å². The summed E-state index contributed by atoms with van der Waals surface area (Å²) in [5, 5.41) is 7.42. The van der Waals surface area contributed by atoms with E-state index in [1.54, 1.807) is 12.1 Å². The van der Waals surface area contributed by atoms with E-state index in [2.05, 4.69) is 0 Å². The first-order valence-corrected chi connectivity index (χ1v) is 6.46. The minimum atomic E-state index is -0.444. The molecule has 2 aromatic rings. The summed E-state index contributed by atoms with van der Waals surface area (Å²) in [5.74, 6) is 0.0501. The van der Waals surface area contributed by atoms with E-state index in [0.717, 1.165) is 11.3 Å². The third-order valence-corrected chi connectivity index (χ3v) is 3.61. The zero-order chi connectivity index (χ0) is 13.0. The van der Waals surface area contributed by atoms with E-state index >= 15 is 0 Å². The molecule has 4 heteroatoms. The average Bonchev–Trinajstić information content (AvgIpc) is 2.37. The summed E-state index contributed by atoms with van der Waals surface area (Å²) >= 11 is 1.48. The second-order valence-electron chi connectivity index (χ2n) is 3.80. The highest BCUT2D eigenvalue weighted by Crippen LogP contribution is 2.27. The third-order valence-electron chi connectivity index (χ3n) is 2.48. The Labute approximate surface area is 110 Å².